The number of likely N-dealkylation sites (tertiary alicyclic amines) is 1. The predicted molar refractivity (Wildman–Crippen MR) is 132 cm³/mol. The van der Waals surface area contributed by atoms with Crippen molar-refractivity contribution in [3.63, 3.8) is 0 Å². The molecule has 1 aromatic rings. The van der Waals surface area contributed by atoms with Crippen LogP contribution in [0.15, 0.2) is 24.5 Å². The van der Waals surface area contributed by atoms with Crippen molar-refractivity contribution in [2.24, 2.45) is 5.92 Å². The zero-order chi connectivity index (χ0) is 33.9. The van der Waals surface area contributed by atoms with Crippen LogP contribution in [0.25, 0.3) is 0 Å². The molecule has 1 aliphatic carbocycles. The molecule has 0 radical (unpaired) electrons. The Kier molecular flexibility index (Phi) is 14.3. The first kappa shape index (κ1) is 38.8. The summed E-state index contributed by atoms with van der Waals surface area (Å²) in [5.74, 6) is -7.26. The second kappa shape index (κ2) is 16.2. The largest absolute Gasteiger partial charge is 0.490 e. The lowest BCUT2D eigenvalue weighted by atomic mass is 9.87. The van der Waals surface area contributed by atoms with Gasteiger partial charge in [0.25, 0.3) is 0 Å². The van der Waals surface area contributed by atoms with Crippen molar-refractivity contribution >= 4 is 17.9 Å². The van der Waals surface area contributed by atoms with Crippen LogP contribution in [0.1, 0.15) is 37.7 Å². The van der Waals surface area contributed by atoms with E-state index in [2.05, 4.69) is 34.0 Å². The highest BCUT2D eigenvalue weighted by molar-refractivity contribution is 5.73. The van der Waals surface area contributed by atoms with E-state index in [1.807, 2.05) is 12.4 Å². The number of aliphatic carboxylic acids is 3. The van der Waals surface area contributed by atoms with Gasteiger partial charge in [0.05, 0.1) is 12.2 Å². The first-order chi connectivity index (χ1) is 20.1. The monoisotopic (exact) mass is 657 g/mol. The van der Waals surface area contributed by atoms with Crippen molar-refractivity contribution in [1.29, 1.82) is 0 Å². The lowest BCUT2D eigenvalue weighted by Crippen LogP contribution is -2.45. The number of ether oxygens (including phenoxy) is 1. The van der Waals surface area contributed by atoms with Gasteiger partial charge in [0.2, 0.25) is 0 Å². The lowest BCUT2D eigenvalue weighted by molar-refractivity contribution is -0.193. The van der Waals surface area contributed by atoms with E-state index in [9.17, 15) is 39.5 Å². The van der Waals surface area contributed by atoms with Gasteiger partial charge in [0, 0.05) is 44.6 Å². The molecular formula is C25H32F9N3O7. The van der Waals surface area contributed by atoms with Crippen LogP contribution in [0.4, 0.5) is 39.5 Å². The number of likely N-dealkylation sites (N-methyl/N-ethyl adjacent to an activating group) is 1. The van der Waals surface area contributed by atoms with E-state index in [0.717, 1.165) is 19.1 Å². The molecule has 0 aromatic carbocycles. The summed E-state index contributed by atoms with van der Waals surface area (Å²) in [6.07, 6.45) is -4.93. The number of rotatable bonds is 5. The number of piperidine rings is 1. The Balaban J connectivity index is 0.000000379. The number of halogens is 9. The number of hydrogen-bond acceptors (Lipinski definition) is 7. The zero-order valence-electron chi connectivity index (χ0n) is 23.3. The van der Waals surface area contributed by atoms with Crippen molar-refractivity contribution in [1.82, 2.24) is 14.8 Å². The average molecular weight is 658 g/mol. The Morgan fingerprint density at radius 3 is 1.66 bits per heavy atom. The van der Waals surface area contributed by atoms with Gasteiger partial charge in [-0.25, -0.2) is 14.4 Å². The van der Waals surface area contributed by atoms with Crippen molar-refractivity contribution in [3.8, 4) is 0 Å². The molecule has 44 heavy (non-hydrogen) atoms. The van der Waals surface area contributed by atoms with E-state index in [1.165, 1.54) is 57.3 Å². The molecule has 3 heterocycles. The van der Waals surface area contributed by atoms with Crippen molar-refractivity contribution in [3.05, 3.63) is 30.1 Å². The van der Waals surface area contributed by atoms with E-state index >= 15 is 0 Å². The summed E-state index contributed by atoms with van der Waals surface area (Å²) in [5, 5.41) is 21.4. The van der Waals surface area contributed by atoms with Gasteiger partial charge >= 0.3 is 36.4 Å². The molecule has 1 saturated carbocycles. The summed E-state index contributed by atoms with van der Waals surface area (Å²) in [4.78, 5) is 35.9. The third-order valence-electron chi connectivity index (χ3n) is 6.70. The minimum Gasteiger partial charge on any atom is -0.475 e. The van der Waals surface area contributed by atoms with Crippen LogP contribution < -0.4 is 0 Å². The van der Waals surface area contributed by atoms with E-state index in [-0.39, 0.29) is 5.60 Å². The van der Waals surface area contributed by atoms with Gasteiger partial charge in [0.15, 0.2) is 0 Å². The minimum atomic E-state index is -5.08. The first-order valence-corrected chi connectivity index (χ1v) is 12.9. The molecule has 252 valence electrons. The molecule has 0 bridgehead atoms. The number of carboxylic acid groups (broad SMARTS) is 3. The maximum absolute atomic E-state index is 10.6. The second-order valence-corrected chi connectivity index (χ2v) is 10.3. The number of carbonyl (C=O) groups is 3. The number of alkyl halides is 9. The van der Waals surface area contributed by atoms with Gasteiger partial charge in [-0.1, -0.05) is 0 Å². The van der Waals surface area contributed by atoms with Crippen molar-refractivity contribution in [2.75, 3.05) is 33.3 Å². The van der Waals surface area contributed by atoms with E-state index < -0.39 is 36.4 Å². The molecule has 2 aliphatic heterocycles. The number of aromatic nitrogens is 1. The van der Waals surface area contributed by atoms with E-state index in [4.69, 9.17) is 34.4 Å². The molecule has 1 unspecified atom stereocenters. The second-order valence-electron chi connectivity index (χ2n) is 10.3. The Morgan fingerprint density at radius 1 is 0.886 bits per heavy atom. The molecule has 3 aliphatic rings. The summed E-state index contributed by atoms with van der Waals surface area (Å²) < 4.78 is 102. The molecule has 1 aromatic heterocycles. The Labute approximate surface area is 245 Å². The highest BCUT2D eigenvalue weighted by atomic mass is 19.4. The Morgan fingerprint density at radius 2 is 1.30 bits per heavy atom. The van der Waals surface area contributed by atoms with Crippen LogP contribution in [-0.4, -0.2) is 111 Å². The van der Waals surface area contributed by atoms with Gasteiger partial charge in [-0.3, -0.25) is 9.88 Å². The Hall–Kier alpha value is -3.19. The van der Waals surface area contributed by atoms with Gasteiger partial charge in [-0.05, 0) is 62.8 Å². The normalized spacial score (nSPS) is 19.9. The van der Waals surface area contributed by atoms with Crippen molar-refractivity contribution < 1.29 is 74.0 Å². The standard InChI is InChI=1S/C19H29N3O.3C2HF3O2/c1-21(13-17-4-8-20-9-5-17)18-12-19(23-15-18)6-10-22(11-7-19)14-16-2-3-16;3*3-2(4,5)1(6)7/h4-5,8-9,16,18H,2-3,6-7,10-15H2,1H3;3*(H,6,7). The number of hydrogen-bond donors (Lipinski definition) is 3. The lowest BCUT2D eigenvalue weighted by Gasteiger charge is -2.39. The molecule has 19 heteroatoms. The van der Waals surface area contributed by atoms with Crippen molar-refractivity contribution in [2.45, 2.75) is 68.8 Å². The van der Waals surface area contributed by atoms with Gasteiger partial charge in [-0.15, -0.1) is 0 Å². The molecule has 1 spiro atoms. The molecule has 2 saturated heterocycles. The first-order valence-electron chi connectivity index (χ1n) is 12.9. The molecule has 3 fully saturated rings. The molecule has 10 nitrogen and oxygen atoms in total. The molecule has 4 rings (SSSR count). The zero-order valence-corrected chi connectivity index (χ0v) is 23.3. The smallest absolute Gasteiger partial charge is 0.475 e. The summed E-state index contributed by atoms with van der Waals surface area (Å²) >= 11 is 0. The molecule has 0 amide bonds. The molecular weight excluding hydrogens is 625 g/mol. The highest BCUT2D eigenvalue weighted by Crippen LogP contribution is 2.39. The fourth-order valence-corrected chi connectivity index (χ4v) is 4.17. The number of nitrogens with zero attached hydrogens (tertiary/aromatic N) is 3. The molecule has 3 N–H and O–H groups in total. The van der Waals surface area contributed by atoms with Crippen LogP contribution in [-0.2, 0) is 25.7 Å². The SMILES string of the molecule is CN(Cc1ccncc1)C1COC2(CCN(CC3CC3)CC2)C1.O=C(O)C(F)(F)F.O=C(O)C(F)(F)F.O=C(O)C(F)(F)F. The fraction of sp³-hybridized carbons (Fsp3) is 0.680. The summed E-state index contributed by atoms with van der Waals surface area (Å²) in [6.45, 7) is 5.68. The summed E-state index contributed by atoms with van der Waals surface area (Å²) in [6, 6.07) is 4.77. The minimum absolute atomic E-state index is 0.164. The van der Waals surface area contributed by atoms with Crippen LogP contribution in [0.2, 0.25) is 0 Å². The fourth-order valence-electron chi connectivity index (χ4n) is 4.17. The quantitative estimate of drug-likeness (QED) is 0.390. The highest BCUT2D eigenvalue weighted by Gasteiger charge is 2.44. The predicted octanol–water partition coefficient (Wildman–Crippen LogP) is 4.45. The third-order valence-corrected chi connectivity index (χ3v) is 6.70. The van der Waals surface area contributed by atoms with Crippen LogP contribution in [0.3, 0.4) is 0 Å². The maximum atomic E-state index is 10.6. The third kappa shape index (κ3) is 15.0. The van der Waals surface area contributed by atoms with Crippen LogP contribution >= 0.6 is 0 Å². The van der Waals surface area contributed by atoms with Gasteiger partial charge in [0.1, 0.15) is 0 Å². The van der Waals surface area contributed by atoms with Gasteiger partial charge in [-0.2, -0.15) is 39.5 Å². The van der Waals surface area contributed by atoms with E-state index in [1.54, 1.807) is 0 Å². The average Bonchev–Trinajstić information content (AvgIpc) is 3.62. The Bertz CT molecular complexity index is 1000. The summed E-state index contributed by atoms with van der Waals surface area (Å²) in [5.41, 5.74) is 1.50. The molecule has 1 atom stereocenters. The van der Waals surface area contributed by atoms with E-state index in [0.29, 0.717) is 6.04 Å². The topological polar surface area (TPSA) is 140 Å². The number of pyridine rings is 1. The number of carboxylic acids is 3. The van der Waals surface area contributed by atoms with Crippen LogP contribution in [0.5, 0.6) is 0 Å². The van der Waals surface area contributed by atoms with Crippen LogP contribution in [0, 0.1) is 5.92 Å². The summed E-state index contributed by atoms with van der Waals surface area (Å²) in [7, 11) is 2.23. The maximum Gasteiger partial charge on any atom is 0.490 e. The van der Waals surface area contributed by atoms with Gasteiger partial charge < -0.3 is 25.0 Å².